The summed E-state index contributed by atoms with van der Waals surface area (Å²) >= 11 is 3.35. The number of fused-ring (bicyclic) bond motifs is 1. The van der Waals surface area contributed by atoms with Crippen molar-refractivity contribution < 1.29 is 5.11 Å². The van der Waals surface area contributed by atoms with Gasteiger partial charge in [-0.15, -0.1) is 0 Å². The fourth-order valence-electron chi connectivity index (χ4n) is 3.71. The van der Waals surface area contributed by atoms with Gasteiger partial charge >= 0.3 is 5.69 Å². The van der Waals surface area contributed by atoms with Gasteiger partial charge in [-0.25, -0.2) is 14.4 Å². The monoisotopic (exact) mass is 485 g/mol. The molecule has 0 unspecified atom stereocenters. The summed E-state index contributed by atoms with van der Waals surface area (Å²) in [7, 11) is 0. The number of halogens is 1. The molecule has 2 N–H and O–H groups in total. The number of nitrogens with one attached hydrogen (secondary N) is 1. The lowest BCUT2D eigenvalue weighted by atomic mass is 9.96. The maximum atomic E-state index is 12.7. The highest BCUT2D eigenvalue weighted by molar-refractivity contribution is 9.10. The minimum atomic E-state index is -0.722. The van der Waals surface area contributed by atoms with Crippen LogP contribution in [0.2, 0.25) is 0 Å². The standard InChI is InChI=1S/C25H16BrN3O3/c26-16-10-12-17(13-11-16)29-24(31)20(23(30)28-25(29)32)14-19-18-8-4-5-9-21(18)27-22(19)15-6-2-1-3-7-15/h1-14,31H,(H,28,30,32). The largest absolute Gasteiger partial charge is 0.494 e. The van der Waals surface area contributed by atoms with Crippen molar-refractivity contribution in [3.05, 3.63) is 121 Å². The summed E-state index contributed by atoms with van der Waals surface area (Å²) in [6.45, 7) is 0. The molecule has 0 radical (unpaired) electrons. The number of aromatic hydroxyl groups is 1. The summed E-state index contributed by atoms with van der Waals surface area (Å²) in [6.07, 6.45) is 1.58. The van der Waals surface area contributed by atoms with Crippen molar-refractivity contribution in [2.24, 2.45) is 4.99 Å². The van der Waals surface area contributed by atoms with E-state index in [1.807, 2.05) is 54.6 Å². The number of hydrogen-bond donors (Lipinski definition) is 2. The number of hydrogen-bond acceptors (Lipinski definition) is 4. The molecule has 6 nitrogen and oxygen atoms in total. The van der Waals surface area contributed by atoms with Crippen LogP contribution in [0.1, 0.15) is 16.7 Å². The second-order valence-electron chi connectivity index (χ2n) is 7.21. The number of H-pyrrole nitrogens is 1. The zero-order chi connectivity index (χ0) is 22.2. The molecule has 4 aromatic rings. The highest BCUT2D eigenvalue weighted by Gasteiger charge is 2.24. The third-order valence-corrected chi connectivity index (χ3v) is 5.75. The smallest absolute Gasteiger partial charge is 0.335 e. The fourth-order valence-corrected chi connectivity index (χ4v) is 3.98. The molecule has 32 heavy (non-hydrogen) atoms. The number of aliphatic imine (C=N–C) groups is 1. The maximum Gasteiger partial charge on any atom is 0.335 e. The van der Waals surface area contributed by atoms with Crippen molar-refractivity contribution in [3.8, 4) is 11.6 Å². The average Bonchev–Trinajstić information content (AvgIpc) is 3.17. The van der Waals surface area contributed by atoms with Crippen molar-refractivity contribution in [2.45, 2.75) is 0 Å². The van der Waals surface area contributed by atoms with Gasteiger partial charge in [-0.3, -0.25) is 9.78 Å². The minimum Gasteiger partial charge on any atom is -0.494 e. The van der Waals surface area contributed by atoms with Gasteiger partial charge in [0.25, 0.3) is 5.56 Å². The van der Waals surface area contributed by atoms with Crippen LogP contribution >= 0.6 is 15.9 Å². The Morgan fingerprint density at radius 1 is 0.906 bits per heavy atom. The number of aromatic amines is 1. The quantitative estimate of drug-likeness (QED) is 0.441. The Morgan fingerprint density at radius 2 is 1.59 bits per heavy atom. The molecule has 0 amide bonds. The summed E-state index contributed by atoms with van der Waals surface area (Å²) in [4.78, 5) is 32.3. The summed E-state index contributed by atoms with van der Waals surface area (Å²) in [5, 5.41) is 11.0. The molecule has 1 aliphatic heterocycles. The molecule has 1 aromatic heterocycles. The molecule has 0 saturated carbocycles. The Balaban J connectivity index is 1.74. The van der Waals surface area contributed by atoms with Crippen LogP contribution < -0.4 is 11.2 Å². The van der Waals surface area contributed by atoms with Gasteiger partial charge in [0.15, 0.2) is 0 Å². The van der Waals surface area contributed by atoms with E-state index in [2.05, 4.69) is 20.9 Å². The molecule has 5 rings (SSSR count). The van der Waals surface area contributed by atoms with Crippen molar-refractivity contribution in [1.29, 1.82) is 0 Å². The van der Waals surface area contributed by atoms with Crippen LogP contribution in [-0.4, -0.2) is 20.4 Å². The number of benzene rings is 3. The van der Waals surface area contributed by atoms with Crippen molar-refractivity contribution in [1.82, 2.24) is 9.55 Å². The molecule has 2 heterocycles. The second kappa shape index (κ2) is 7.94. The van der Waals surface area contributed by atoms with E-state index in [1.165, 1.54) is 0 Å². The molecule has 0 saturated heterocycles. The molecular formula is C25H16BrN3O3. The highest BCUT2D eigenvalue weighted by atomic mass is 79.9. The molecule has 0 aliphatic carbocycles. The Labute approximate surface area is 191 Å². The first-order chi connectivity index (χ1) is 15.5. The first kappa shape index (κ1) is 20.0. The van der Waals surface area contributed by atoms with Crippen LogP contribution in [0.3, 0.4) is 0 Å². The normalized spacial score (nSPS) is 13.8. The lowest BCUT2D eigenvalue weighted by Crippen LogP contribution is -2.30. The van der Waals surface area contributed by atoms with Gasteiger partial charge in [-0.05, 0) is 36.4 Å². The van der Waals surface area contributed by atoms with Gasteiger partial charge in [-0.1, -0.05) is 64.5 Å². The van der Waals surface area contributed by atoms with Crippen LogP contribution in [0.15, 0.2) is 97.9 Å². The second-order valence-corrected chi connectivity index (χ2v) is 8.13. The van der Waals surface area contributed by atoms with Crippen LogP contribution in [-0.2, 0) is 0 Å². The van der Waals surface area contributed by atoms with E-state index in [0.717, 1.165) is 25.9 Å². The Morgan fingerprint density at radius 3 is 2.34 bits per heavy atom. The Kier molecular flexibility index (Phi) is 4.95. The molecule has 7 heteroatoms. The predicted octanol–water partition coefficient (Wildman–Crippen LogP) is 4.67. The third-order valence-electron chi connectivity index (χ3n) is 5.22. The van der Waals surface area contributed by atoms with E-state index < -0.39 is 17.1 Å². The van der Waals surface area contributed by atoms with E-state index in [-0.39, 0.29) is 5.56 Å². The fraction of sp³-hybridized carbons (Fsp3) is 0. The SMILES string of the molecule is O=c1[nH]c(=O)n(-c2ccc(Br)cc2)c(O)c1C=C1C(c2ccccc2)=Nc2ccccc21. The minimum absolute atomic E-state index is 0.0251. The summed E-state index contributed by atoms with van der Waals surface area (Å²) in [5.41, 5.74) is 2.87. The van der Waals surface area contributed by atoms with Crippen LogP contribution in [0.4, 0.5) is 5.69 Å². The van der Waals surface area contributed by atoms with Crippen LogP contribution in [0, 0.1) is 0 Å². The van der Waals surface area contributed by atoms with E-state index in [1.54, 1.807) is 30.3 Å². The van der Waals surface area contributed by atoms with Crippen molar-refractivity contribution in [3.63, 3.8) is 0 Å². The zero-order valence-electron chi connectivity index (χ0n) is 16.6. The molecule has 0 bridgehead atoms. The van der Waals surface area contributed by atoms with Crippen molar-refractivity contribution in [2.75, 3.05) is 0 Å². The van der Waals surface area contributed by atoms with Crippen LogP contribution in [0.25, 0.3) is 17.3 Å². The summed E-state index contributed by atoms with van der Waals surface area (Å²) in [5.74, 6) is -0.439. The lowest BCUT2D eigenvalue weighted by molar-refractivity contribution is 0.429. The Bertz CT molecular complexity index is 1520. The van der Waals surface area contributed by atoms with E-state index in [0.29, 0.717) is 17.0 Å². The van der Waals surface area contributed by atoms with Gasteiger partial charge in [0, 0.05) is 21.2 Å². The maximum absolute atomic E-state index is 12.7. The van der Waals surface area contributed by atoms with Gasteiger partial charge in [0.05, 0.1) is 17.1 Å². The lowest BCUT2D eigenvalue weighted by Gasteiger charge is -2.11. The van der Waals surface area contributed by atoms with Gasteiger partial charge in [0.2, 0.25) is 5.88 Å². The molecule has 156 valence electrons. The van der Waals surface area contributed by atoms with E-state index in [4.69, 9.17) is 4.99 Å². The zero-order valence-corrected chi connectivity index (χ0v) is 18.2. The molecular weight excluding hydrogens is 470 g/mol. The van der Waals surface area contributed by atoms with Crippen LogP contribution in [0.5, 0.6) is 5.88 Å². The number of allylic oxidation sites excluding steroid dienone is 1. The van der Waals surface area contributed by atoms with E-state index >= 15 is 0 Å². The predicted molar refractivity (Wildman–Crippen MR) is 129 cm³/mol. The summed E-state index contributed by atoms with van der Waals surface area (Å²) < 4.78 is 1.90. The van der Waals surface area contributed by atoms with Gasteiger partial charge < -0.3 is 5.11 Å². The Hall–Kier alpha value is -3.97. The average molecular weight is 486 g/mol. The molecule has 0 fully saturated rings. The molecule has 3 aromatic carbocycles. The number of para-hydroxylation sites is 1. The molecule has 0 spiro atoms. The first-order valence-electron chi connectivity index (χ1n) is 9.83. The third kappa shape index (κ3) is 3.42. The number of aromatic nitrogens is 2. The number of nitrogens with zero attached hydrogens (tertiary/aromatic N) is 2. The number of rotatable bonds is 3. The van der Waals surface area contributed by atoms with Gasteiger partial charge in [0.1, 0.15) is 5.56 Å². The molecule has 1 aliphatic rings. The van der Waals surface area contributed by atoms with E-state index in [9.17, 15) is 14.7 Å². The summed E-state index contributed by atoms with van der Waals surface area (Å²) in [6, 6.07) is 24.0. The first-order valence-corrected chi connectivity index (χ1v) is 10.6. The van der Waals surface area contributed by atoms with Crippen molar-refractivity contribution >= 4 is 39.0 Å². The topological polar surface area (TPSA) is 87.5 Å². The highest BCUT2D eigenvalue weighted by Crippen LogP contribution is 2.38. The molecule has 0 atom stereocenters. The van der Waals surface area contributed by atoms with Gasteiger partial charge in [-0.2, -0.15) is 0 Å².